The zero-order chi connectivity index (χ0) is 32.1. The summed E-state index contributed by atoms with van der Waals surface area (Å²) in [4.78, 5) is 36.8. The number of imidazole rings is 1. The lowest BCUT2D eigenvalue weighted by Gasteiger charge is -2.27. The van der Waals surface area contributed by atoms with E-state index in [9.17, 15) is 14.7 Å². The number of aliphatic hydroxyl groups is 1. The monoisotopic (exact) mass is 583 g/mol. The topological polar surface area (TPSA) is 169 Å². The van der Waals surface area contributed by atoms with Crippen LogP contribution in [0.1, 0.15) is 65.2 Å². The molecular formula is C31H49N7O4. The first-order valence-corrected chi connectivity index (χ1v) is 14.1. The lowest BCUT2D eigenvalue weighted by molar-refractivity contribution is -0.107. The maximum Gasteiger partial charge on any atom is 0.253 e. The van der Waals surface area contributed by atoms with Crippen LogP contribution in [0.4, 0.5) is 5.69 Å². The third kappa shape index (κ3) is 13.6. The van der Waals surface area contributed by atoms with Gasteiger partial charge in [0.1, 0.15) is 23.3 Å². The van der Waals surface area contributed by atoms with Crippen LogP contribution in [0.25, 0.3) is 22.6 Å². The summed E-state index contributed by atoms with van der Waals surface area (Å²) in [6.07, 6.45) is 2.46. The summed E-state index contributed by atoms with van der Waals surface area (Å²) in [5, 5.41) is 24.9. The predicted molar refractivity (Wildman–Crippen MR) is 171 cm³/mol. The molecule has 1 fully saturated rings. The highest BCUT2D eigenvalue weighted by Gasteiger charge is 2.18. The van der Waals surface area contributed by atoms with Crippen LogP contribution in [0.2, 0.25) is 0 Å². The number of aromatic hydroxyl groups is 1. The van der Waals surface area contributed by atoms with Gasteiger partial charge in [-0.3, -0.25) is 4.79 Å². The molecule has 1 aromatic carbocycles. The number of amides is 1. The van der Waals surface area contributed by atoms with Crippen molar-refractivity contribution in [2.75, 3.05) is 45.1 Å². The number of hydrogen-bond acceptors (Lipinski definition) is 9. The molecule has 2 aromatic heterocycles. The lowest BCUT2D eigenvalue weighted by Crippen LogP contribution is -2.46. The summed E-state index contributed by atoms with van der Waals surface area (Å²) in [5.41, 5.74) is 6.91. The molecule has 0 unspecified atom stereocenters. The number of nitrogens with one attached hydrogen (secondary N) is 3. The Labute approximate surface area is 250 Å². The number of nitrogens with zero attached hydrogens (tertiary/aromatic N) is 3. The zero-order valence-electron chi connectivity index (χ0n) is 26.3. The molecule has 7 N–H and O–H groups in total. The fourth-order valence-electron chi connectivity index (χ4n) is 3.34. The van der Waals surface area contributed by atoms with Crippen LogP contribution >= 0.6 is 0 Å². The molecule has 0 radical (unpaired) electrons. The Kier molecular flexibility index (Phi) is 18.9. The van der Waals surface area contributed by atoms with Crippen LogP contribution in [0, 0.1) is 11.8 Å². The fraction of sp³-hybridized carbons (Fsp3) is 0.484. The van der Waals surface area contributed by atoms with E-state index in [-0.39, 0.29) is 11.7 Å². The predicted octanol–water partition coefficient (Wildman–Crippen LogP) is 3.78. The van der Waals surface area contributed by atoms with Gasteiger partial charge in [0, 0.05) is 50.3 Å². The molecule has 0 atom stereocenters. The van der Waals surface area contributed by atoms with Crippen molar-refractivity contribution in [1.82, 2.24) is 25.2 Å². The van der Waals surface area contributed by atoms with Crippen LogP contribution in [0.15, 0.2) is 30.5 Å². The van der Waals surface area contributed by atoms with Crippen molar-refractivity contribution in [3.05, 3.63) is 36.0 Å². The second-order valence-electron chi connectivity index (χ2n) is 9.47. The van der Waals surface area contributed by atoms with Gasteiger partial charge in [0.25, 0.3) is 5.91 Å². The molecule has 1 saturated heterocycles. The third-order valence-corrected chi connectivity index (χ3v) is 5.12. The van der Waals surface area contributed by atoms with E-state index >= 15 is 0 Å². The molecule has 1 aliphatic heterocycles. The summed E-state index contributed by atoms with van der Waals surface area (Å²) in [6.45, 7) is 16.3. The van der Waals surface area contributed by atoms with Gasteiger partial charge >= 0.3 is 0 Å². The van der Waals surface area contributed by atoms with Crippen LogP contribution in [-0.4, -0.2) is 87.6 Å². The first-order chi connectivity index (χ1) is 20.1. The van der Waals surface area contributed by atoms with Crippen molar-refractivity contribution in [3.63, 3.8) is 0 Å². The van der Waals surface area contributed by atoms with Gasteiger partial charge in [-0.2, -0.15) is 0 Å². The summed E-state index contributed by atoms with van der Waals surface area (Å²) in [5.74, 6) is 5.95. The molecule has 0 aliphatic carbocycles. The summed E-state index contributed by atoms with van der Waals surface area (Å²) in [7, 11) is 1.50. The molecule has 11 heteroatoms. The van der Waals surface area contributed by atoms with Gasteiger partial charge in [0.15, 0.2) is 11.4 Å². The van der Waals surface area contributed by atoms with Crippen molar-refractivity contribution < 1.29 is 19.8 Å². The standard InChI is InChI=1S/C20H22N6O3.C4H10O.C4H6.C2H6.CH5N/c27-11-1-6-22-16-15(28)12-23-19-17(16)24-18(25-19)13-2-4-14(5-3-13)20(29)26-9-7-21-8-10-26;1-4(2,3)5;1-3-4-2;2*1-2/h2-5,11-12,21,28H,1,6-10H2,(H2,22,23,24,25);5H,1-3H3;1-2H3;1-2H3;2H2,1H3. The second kappa shape index (κ2) is 20.8. The Hall–Kier alpha value is -3.98. The Morgan fingerprint density at radius 2 is 1.67 bits per heavy atom. The van der Waals surface area contributed by atoms with Crippen LogP contribution in [0.3, 0.4) is 0 Å². The van der Waals surface area contributed by atoms with Crippen LogP contribution in [-0.2, 0) is 4.79 Å². The van der Waals surface area contributed by atoms with E-state index in [0.29, 0.717) is 54.3 Å². The van der Waals surface area contributed by atoms with Gasteiger partial charge in [0.2, 0.25) is 0 Å². The Balaban J connectivity index is 0.00000111. The summed E-state index contributed by atoms with van der Waals surface area (Å²) >= 11 is 0. The number of nitrogens with two attached hydrogens (primary N) is 1. The Morgan fingerprint density at radius 3 is 2.17 bits per heavy atom. The number of H-pyrrole nitrogens is 1. The number of aromatic amines is 1. The molecule has 3 aromatic rings. The Morgan fingerprint density at radius 1 is 1.12 bits per heavy atom. The first kappa shape index (κ1) is 38.0. The maximum atomic E-state index is 12.6. The van der Waals surface area contributed by atoms with E-state index in [0.717, 1.165) is 24.9 Å². The normalized spacial score (nSPS) is 11.8. The van der Waals surface area contributed by atoms with E-state index in [4.69, 9.17) is 5.11 Å². The van der Waals surface area contributed by atoms with Gasteiger partial charge in [-0.05, 0) is 53.8 Å². The molecule has 42 heavy (non-hydrogen) atoms. The first-order valence-electron chi connectivity index (χ1n) is 14.1. The minimum atomic E-state index is -0.500. The number of benzene rings is 1. The van der Waals surface area contributed by atoms with E-state index in [1.165, 1.54) is 13.2 Å². The molecule has 0 bridgehead atoms. The van der Waals surface area contributed by atoms with Crippen LogP contribution < -0.4 is 16.4 Å². The third-order valence-electron chi connectivity index (χ3n) is 5.12. The summed E-state index contributed by atoms with van der Waals surface area (Å²) in [6, 6.07) is 7.26. The van der Waals surface area contributed by atoms with Gasteiger partial charge in [-0.1, -0.05) is 26.0 Å². The van der Waals surface area contributed by atoms with E-state index in [1.54, 1.807) is 32.9 Å². The molecule has 232 valence electrons. The smallest absolute Gasteiger partial charge is 0.253 e. The number of piperazine rings is 1. The van der Waals surface area contributed by atoms with Gasteiger partial charge in [-0.25, -0.2) is 9.97 Å². The minimum absolute atomic E-state index is 0.0180. The molecular weight excluding hydrogens is 534 g/mol. The molecule has 3 heterocycles. The average Bonchev–Trinajstić information content (AvgIpc) is 3.44. The number of aldehydes is 1. The van der Waals surface area contributed by atoms with E-state index < -0.39 is 5.60 Å². The largest absolute Gasteiger partial charge is 0.504 e. The summed E-state index contributed by atoms with van der Waals surface area (Å²) < 4.78 is 0. The second-order valence-corrected chi connectivity index (χ2v) is 9.47. The number of carbonyl (C=O) groups is 2. The average molecular weight is 584 g/mol. The van der Waals surface area contributed by atoms with E-state index in [1.807, 2.05) is 44.7 Å². The number of rotatable bonds is 6. The SMILES string of the molecule is CC.CC#CC.CC(C)(C)O.CN.O=CCCNc1c(O)cnc2nc(-c3ccc(C(=O)N4CCNCC4)cc3)[nH]c12. The highest BCUT2D eigenvalue weighted by Crippen LogP contribution is 2.31. The number of pyridine rings is 1. The number of aromatic nitrogens is 3. The van der Waals surface area contributed by atoms with Gasteiger partial charge < -0.3 is 41.3 Å². The highest BCUT2D eigenvalue weighted by molar-refractivity contribution is 5.95. The maximum absolute atomic E-state index is 12.6. The van der Waals surface area contributed by atoms with E-state index in [2.05, 4.69) is 43.2 Å². The molecule has 1 amide bonds. The number of anilines is 1. The van der Waals surface area contributed by atoms with Crippen molar-refractivity contribution in [2.45, 2.75) is 60.5 Å². The minimum Gasteiger partial charge on any atom is -0.504 e. The lowest BCUT2D eigenvalue weighted by atomic mass is 10.1. The Bertz CT molecular complexity index is 1240. The van der Waals surface area contributed by atoms with Gasteiger partial charge in [0.05, 0.1) is 11.8 Å². The fourth-order valence-corrected chi connectivity index (χ4v) is 3.34. The zero-order valence-corrected chi connectivity index (χ0v) is 26.3. The van der Waals surface area contributed by atoms with Crippen LogP contribution in [0.5, 0.6) is 5.75 Å². The molecule has 11 nitrogen and oxygen atoms in total. The number of fused-ring (bicyclic) bond motifs is 1. The number of carbonyl (C=O) groups excluding carboxylic acids is 2. The highest BCUT2D eigenvalue weighted by atomic mass is 16.3. The van der Waals surface area contributed by atoms with Crippen molar-refractivity contribution in [3.8, 4) is 29.0 Å². The quantitative estimate of drug-likeness (QED) is 0.144. The number of hydrogen-bond donors (Lipinski definition) is 6. The van der Waals surface area contributed by atoms with Crippen molar-refractivity contribution >= 4 is 29.0 Å². The molecule has 0 saturated carbocycles. The molecule has 1 aliphatic rings. The molecule has 4 rings (SSSR count). The van der Waals surface area contributed by atoms with Gasteiger partial charge in [-0.15, -0.1) is 11.8 Å². The molecule has 0 spiro atoms. The van der Waals surface area contributed by atoms with Crippen molar-refractivity contribution in [2.24, 2.45) is 5.73 Å². The van der Waals surface area contributed by atoms with Crippen molar-refractivity contribution in [1.29, 1.82) is 0 Å².